The van der Waals surface area contributed by atoms with E-state index in [2.05, 4.69) is 23.2 Å². The molecule has 0 spiro atoms. The van der Waals surface area contributed by atoms with E-state index >= 15 is 0 Å². The molecule has 3 rings (SSSR count). The number of nitriles is 1. The van der Waals surface area contributed by atoms with Crippen molar-refractivity contribution in [3.8, 4) is 6.07 Å². The van der Waals surface area contributed by atoms with Crippen LogP contribution in [0.1, 0.15) is 64.7 Å². The number of hydrogen-bond acceptors (Lipinski definition) is 3. The van der Waals surface area contributed by atoms with Gasteiger partial charge < -0.3 is 4.90 Å². The van der Waals surface area contributed by atoms with Crippen LogP contribution in [0.5, 0.6) is 0 Å². The molecule has 2 atom stereocenters. The summed E-state index contributed by atoms with van der Waals surface area (Å²) in [5.41, 5.74) is -0.192. The molecule has 3 aliphatic rings. The Kier molecular flexibility index (Phi) is 4.33. The molecule has 3 nitrogen and oxygen atoms in total. The Bertz CT molecular complexity index is 367. The van der Waals surface area contributed by atoms with Gasteiger partial charge in [-0.25, -0.2) is 0 Å². The van der Waals surface area contributed by atoms with Gasteiger partial charge >= 0.3 is 0 Å². The van der Waals surface area contributed by atoms with Crippen molar-refractivity contribution in [2.45, 2.75) is 82.3 Å². The quantitative estimate of drug-likeness (QED) is 0.740. The number of rotatable bonds is 8. The van der Waals surface area contributed by atoms with E-state index in [0.717, 1.165) is 12.5 Å². The molecule has 0 bridgehead atoms. The number of nitrogens with zero attached hydrogens (tertiary/aromatic N) is 2. The van der Waals surface area contributed by atoms with E-state index in [1.807, 2.05) is 0 Å². The Morgan fingerprint density at radius 1 is 1.20 bits per heavy atom. The summed E-state index contributed by atoms with van der Waals surface area (Å²) in [4.78, 5) is 2.68. The molecule has 0 aromatic rings. The molecule has 0 heterocycles. The van der Waals surface area contributed by atoms with Crippen molar-refractivity contribution in [1.82, 2.24) is 10.2 Å². The smallest absolute Gasteiger partial charge is 0.109 e. The lowest BCUT2D eigenvalue weighted by molar-refractivity contribution is 0.215. The maximum absolute atomic E-state index is 9.73. The first-order valence-electron chi connectivity index (χ1n) is 8.70. The zero-order valence-corrected chi connectivity index (χ0v) is 12.9. The fourth-order valence-electron chi connectivity index (χ4n) is 3.96. The molecule has 0 radical (unpaired) electrons. The van der Waals surface area contributed by atoms with Gasteiger partial charge in [0.05, 0.1) is 6.07 Å². The van der Waals surface area contributed by atoms with Crippen LogP contribution in [0, 0.1) is 17.2 Å². The summed E-state index contributed by atoms with van der Waals surface area (Å²) < 4.78 is 0. The highest BCUT2D eigenvalue weighted by Gasteiger charge is 2.46. The molecular weight excluding hydrogens is 246 g/mol. The largest absolute Gasteiger partial charge is 0.300 e. The average Bonchev–Trinajstić information content (AvgIpc) is 3.35. The van der Waals surface area contributed by atoms with Crippen LogP contribution in [-0.4, -0.2) is 35.6 Å². The second-order valence-electron chi connectivity index (χ2n) is 7.15. The van der Waals surface area contributed by atoms with Crippen molar-refractivity contribution in [2.24, 2.45) is 5.92 Å². The predicted molar refractivity (Wildman–Crippen MR) is 81.3 cm³/mol. The van der Waals surface area contributed by atoms with Gasteiger partial charge in [0.1, 0.15) is 5.54 Å². The van der Waals surface area contributed by atoms with E-state index in [1.165, 1.54) is 64.5 Å². The van der Waals surface area contributed by atoms with Crippen LogP contribution in [0.25, 0.3) is 0 Å². The first-order valence-corrected chi connectivity index (χ1v) is 8.70. The summed E-state index contributed by atoms with van der Waals surface area (Å²) >= 11 is 0. The zero-order valence-electron chi connectivity index (χ0n) is 12.9. The summed E-state index contributed by atoms with van der Waals surface area (Å²) in [6.45, 7) is 4.73. The molecule has 112 valence electrons. The Morgan fingerprint density at radius 2 is 2.00 bits per heavy atom. The van der Waals surface area contributed by atoms with Crippen molar-refractivity contribution in [3.63, 3.8) is 0 Å². The van der Waals surface area contributed by atoms with Gasteiger partial charge in [0, 0.05) is 12.1 Å². The van der Waals surface area contributed by atoms with E-state index in [-0.39, 0.29) is 5.54 Å². The summed E-state index contributed by atoms with van der Waals surface area (Å²) in [6, 6.07) is 4.18. The Hall–Kier alpha value is -0.590. The van der Waals surface area contributed by atoms with Crippen molar-refractivity contribution in [1.29, 1.82) is 5.26 Å². The van der Waals surface area contributed by atoms with Gasteiger partial charge in [-0.3, -0.25) is 5.32 Å². The molecule has 2 unspecified atom stereocenters. The second kappa shape index (κ2) is 6.03. The van der Waals surface area contributed by atoms with Crippen LogP contribution in [0.2, 0.25) is 0 Å². The van der Waals surface area contributed by atoms with Crippen LogP contribution in [0.4, 0.5) is 0 Å². The molecule has 0 saturated heterocycles. The minimum atomic E-state index is -0.192. The molecule has 3 fully saturated rings. The summed E-state index contributed by atoms with van der Waals surface area (Å²) in [5.74, 6) is 0.575. The van der Waals surface area contributed by atoms with Gasteiger partial charge in [0.15, 0.2) is 0 Å². The van der Waals surface area contributed by atoms with Crippen LogP contribution in [-0.2, 0) is 0 Å². The van der Waals surface area contributed by atoms with Crippen LogP contribution < -0.4 is 5.32 Å². The van der Waals surface area contributed by atoms with Crippen molar-refractivity contribution >= 4 is 0 Å². The van der Waals surface area contributed by atoms with Crippen LogP contribution >= 0.6 is 0 Å². The van der Waals surface area contributed by atoms with Gasteiger partial charge in [-0.2, -0.15) is 5.26 Å². The first-order chi connectivity index (χ1) is 9.77. The Morgan fingerprint density at radius 3 is 2.60 bits per heavy atom. The monoisotopic (exact) mass is 275 g/mol. The lowest BCUT2D eigenvalue weighted by Gasteiger charge is -2.32. The lowest BCUT2D eigenvalue weighted by atomic mass is 9.85. The highest BCUT2D eigenvalue weighted by Crippen LogP contribution is 2.40. The topological polar surface area (TPSA) is 39.1 Å². The summed E-state index contributed by atoms with van der Waals surface area (Å²) in [6.07, 6.45) is 11.4. The Labute approximate surface area is 123 Å². The molecule has 20 heavy (non-hydrogen) atoms. The lowest BCUT2D eigenvalue weighted by Crippen LogP contribution is -2.49. The molecule has 0 aliphatic heterocycles. The standard InChI is InChI=1S/C17H29N3/c1-2-11-20(16-7-8-16)12-9-14-4-3-10-17(14,13-18)19-15-5-6-15/h14-16,19H,2-12H2,1H3. The molecule has 1 N–H and O–H groups in total. The molecule has 0 aromatic heterocycles. The van der Waals surface area contributed by atoms with Gasteiger partial charge in [0.25, 0.3) is 0 Å². The van der Waals surface area contributed by atoms with Crippen molar-refractivity contribution < 1.29 is 0 Å². The van der Waals surface area contributed by atoms with E-state index in [0.29, 0.717) is 12.0 Å². The van der Waals surface area contributed by atoms with Crippen molar-refractivity contribution in [3.05, 3.63) is 0 Å². The normalized spacial score (nSPS) is 33.5. The second-order valence-corrected chi connectivity index (χ2v) is 7.15. The summed E-state index contributed by atoms with van der Waals surface area (Å²) in [7, 11) is 0. The van der Waals surface area contributed by atoms with E-state index in [1.54, 1.807) is 0 Å². The fourth-order valence-corrected chi connectivity index (χ4v) is 3.96. The van der Waals surface area contributed by atoms with E-state index in [9.17, 15) is 5.26 Å². The van der Waals surface area contributed by atoms with Gasteiger partial charge in [-0.1, -0.05) is 13.3 Å². The van der Waals surface area contributed by atoms with E-state index in [4.69, 9.17) is 0 Å². The molecule has 0 aromatic carbocycles. The summed E-state index contributed by atoms with van der Waals surface area (Å²) in [5, 5.41) is 13.4. The van der Waals surface area contributed by atoms with Crippen molar-refractivity contribution in [2.75, 3.05) is 13.1 Å². The average molecular weight is 275 g/mol. The molecule has 0 amide bonds. The SMILES string of the molecule is CCCN(CCC1CCCC1(C#N)NC1CC1)C1CC1. The zero-order chi connectivity index (χ0) is 14.0. The third-order valence-corrected chi connectivity index (χ3v) is 5.40. The molecule has 3 heteroatoms. The highest BCUT2D eigenvalue weighted by atomic mass is 15.2. The first kappa shape index (κ1) is 14.4. The number of hydrogen-bond donors (Lipinski definition) is 1. The minimum absolute atomic E-state index is 0.192. The Balaban J connectivity index is 1.55. The number of nitrogens with one attached hydrogen (secondary N) is 1. The third kappa shape index (κ3) is 3.18. The van der Waals surface area contributed by atoms with E-state index < -0.39 is 0 Å². The fraction of sp³-hybridized carbons (Fsp3) is 0.941. The van der Waals surface area contributed by atoms with Gasteiger partial charge in [-0.15, -0.1) is 0 Å². The van der Waals surface area contributed by atoms with Crippen LogP contribution in [0.15, 0.2) is 0 Å². The van der Waals surface area contributed by atoms with Gasteiger partial charge in [-0.05, 0) is 70.4 Å². The van der Waals surface area contributed by atoms with Crippen LogP contribution in [0.3, 0.4) is 0 Å². The molecule has 3 aliphatic carbocycles. The third-order valence-electron chi connectivity index (χ3n) is 5.40. The van der Waals surface area contributed by atoms with Gasteiger partial charge in [0.2, 0.25) is 0 Å². The predicted octanol–water partition coefficient (Wildman–Crippen LogP) is 3.07. The highest BCUT2D eigenvalue weighted by molar-refractivity contribution is 5.16. The maximum atomic E-state index is 9.73. The minimum Gasteiger partial charge on any atom is -0.300 e. The maximum Gasteiger partial charge on any atom is 0.109 e. The molecule has 3 saturated carbocycles. The molecular formula is C17H29N3.